The van der Waals surface area contributed by atoms with Crippen LogP contribution in [0.15, 0.2) is 18.2 Å². The molecule has 1 unspecified atom stereocenters. The number of rotatable bonds is 2. The fourth-order valence-corrected chi connectivity index (χ4v) is 2.12. The summed E-state index contributed by atoms with van der Waals surface area (Å²) in [5.41, 5.74) is 1.10. The largest absolute Gasteiger partial charge is 0.351 e. The Morgan fingerprint density at radius 3 is 3.13 bits per heavy atom. The monoisotopic (exact) mass is 205 g/mol. The molecule has 1 N–H and O–H groups in total. The van der Waals surface area contributed by atoms with E-state index in [-0.39, 0.29) is 0 Å². The topological polar surface area (TPSA) is 28.2 Å². The van der Waals surface area contributed by atoms with Gasteiger partial charge in [0.15, 0.2) is 0 Å². The van der Waals surface area contributed by atoms with E-state index in [0.29, 0.717) is 6.04 Å². The first-order valence-corrected chi connectivity index (χ1v) is 5.72. The number of hydrogen-bond acceptors (Lipinski definition) is 3. The lowest BCUT2D eigenvalue weighted by Crippen LogP contribution is -2.51. The van der Waals surface area contributed by atoms with E-state index in [2.05, 4.69) is 34.3 Å². The third-order valence-electron chi connectivity index (χ3n) is 2.99. The molecule has 1 aliphatic rings. The molecular formula is C12H19N3. The van der Waals surface area contributed by atoms with E-state index in [4.69, 9.17) is 0 Å². The number of hydrogen-bond donors (Lipinski definition) is 1. The van der Waals surface area contributed by atoms with Crippen molar-refractivity contribution < 1.29 is 0 Å². The number of nitrogens with zero attached hydrogens (tertiary/aromatic N) is 2. The van der Waals surface area contributed by atoms with Gasteiger partial charge in [-0.25, -0.2) is 4.98 Å². The highest BCUT2D eigenvalue weighted by Gasteiger charge is 2.21. The van der Waals surface area contributed by atoms with Crippen LogP contribution in [0.3, 0.4) is 0 Å². The lowest BCUT2D eigenvalue weighted by atomic mass is 10.1. The first-order chi connectivity index (χ1) is 7.31. The molecule has 2 heterocycles. The van der Waals surface area contributed by atoms with Crippen LogP contribution >= 0.6 is 0 Å². The number of nitrogens with one attached hydrogen (secondary N) is 1. The first kappa shape index (κ1) is 10.4. The first-order valence-electron chi connectivity index (χ1n) is 5.72. The summed E-state index contributed by atoms with van der Waals surface area (Å²) in [5, 5.41) is 3.43. The Bertz CT molecular complexity index is 324. The van der Waals surface area contributed by atoms with E-state index in [1.807, 2.05) is 13.0 Å². The van der Waals surface area contributed by atoms with Crippen molar-refractivity contribution in [1.82, 2.24) is 10.3 Å². The van der Waals surface area contributed by atoms with Crippen molar-refractivity contribution in [1.29, 1.82) is 0 Å². The summed E-state index contributed by atoms with van der Waals surface area (Å²) in [7, 11) is 0. The zero-order chi connectivity index (χ0) is 10.7. The fraction of sp³-hybridized carbons (Fsp3) is 0.583. The summed E-state index contributed by atoms with van der Waals surface area (Å²) < 4.78 is 0. The molecule has 3 heteroatoms. The SMILES string of the molecule is CCC1CNCCN1c1cccc(C)n1. The number of aryl methyl sites for hydroxylation is 1. The standard InChI is InChI=1S/C12H19N3/c1-3-11-9-13-7-8-15(11)12-6-4-5-10(2)14-12/h4-6,11,13H,3,7-9H2,1-2H3. The van der Waals surface area contributed by atoms with Gasteiger partial charge in [0.2, 0.25) is 0 Å². The summed E-state index contributed by atoms with van der Waals surface area (Å²) in [4.78, 5) is 7.01. The zero-order valence-electron chi connectivity index (χ0n) is 9.53. The van der Waals surface area contributed by atoms with Crippen molar-refractivity contribution in [3.8, 4) is 0 Å². The molecule has 82 valence electrons. The van der Waals surface area contributed by atoms with Crippen LogP contribution in [0.25, 0.3) is 0 Å². The summed E-state index contributed by atoms with van der Waals surface area (Å²) in [6, 6.07) is 6.84. The van der Waals surface area contributed by atoms with E-state index in [1.54, 1.807) is 0 Å². The van der Waals surface area contributed by atoms with Crippen molar-refractivity contribution in [2.24, 2.45) is 0 Å². The van der Waals surface area contributed by atoms with E-state index in [9.17, 15) is 0 Å². The van der Waals surface area contributed by atoms with Gasteiger partial charge >= 0.3 is 0 Å². The minimum atomic E-state index is 0.591. The minimum absolute atomic E-state index is 0.591. The van der Waals surface area contributed by atoms with Gasteiger partial charge in [0, 0.05) is 31.4 Å². The molecule has 0 bridgehead atoms. The molecule has 0 saturated carbocycles. The van der Waals surface area contributed by atoms with Gasteiger partial charge in [0.05, 0.1) is 0 Å². The Labute approximate surface area is 91.5 Å². The van der Waals surface area contributed by atoms with Crippen molar-refractivity contribution >= 4 is 5.82 Å². The van der Waals surface area contributed by atoms with Gasteiger partial charge in [-0.3, -0.25) is 0 Å². The van der Waals surface area contributed by atoms with Crippen LogP contribution < -0.4 is 10.2 Å². The smallest absolute Gasteiger partial charge is 0.129 e. The molecule has 0 amide bonds. The van der Waals surface area contributed by atoms with Crippen LogP contribution in [0, 0.1) is 6.92 Å². The van der Waals surface area contributed by atoms with Crippen LogP contribution in [0.5, 0.6) is 0 Å². The van der Waals surface area contributed by atoms with Crippen LogP contribution in [0.2, 0.25) is 0 Å². The second-order valence-electron chi connectivity index (χ2n) is 4.10. The van der Waals surface area contributed by atoms with Crippen LogP contribution in [0.4, 0.5) is 5.82 Å². The summed E-state index contributed by atoms with van der Waals surface area (Å²) in [5.74, 6) is 1.13. The number of piperazine rings is 1. The fourth-order valence-electron chi connectivity index (χ4n) is 2.12. The number of anilines is 1. The van der Waals surface area contributed by atoms with Gasteiger partial charge in [-0.15, -0.1) is 0 Å². The zero-order valence-corrected chi connectivity index (χ0v) is 9.53. The Balaban J connectivity index is 2.20. The average Bonchev–Trinajstić information content (AvgIpc) is 2.29. The summed E-state index contributed by atoms with van der Waals surface area (Å²) >= 11 is 0. The highest BCUT2D eigenvalue weighted by molar-refractivity contribution is 5.41. The predicted octanol–water partition coefficient (Wildman–Crippen LogP) is 1.58. The molecule has 2 rings (SSSR count). The highest BCUT2D eigenvalue weighted by atomic mass is 15.3. The van der Waals surface area contributed by atoms with Crippen LogP contribution in [-0.4, -0.2) is 30.7 Å². The molecule has 1 aromatic rings. The van der Waals surface area contributed by atoms with Crippen molar-refractivity contribution in [2.45, 2.75) is 26.3 Å². The van der Waals surface area contributed by atoms with Crippen molar-refractivity contribution in [2.75, 3.05) is 24.5 Å². The summed E-state index contributed by atoms with van der Waals surface area (Å²) in [6.45, 7) is 7.49. The second kappa shape index (κ2) is 4.62. The Morgan fingerprint density at radius 1 is 1.53 bits per heavy atom. The van der Waals surface area contributed by atoms with E-state index < -0.39 is 0 Å². The van der Waals surface area contributed by atoms with Gasteiger partial charge < -0.3 is 10.2 Å². The number of pyridine rings is 1. The Kier molecular flexibility index (Phi) is 3.21. The highest BCUT2D eigenvalue weighted by Crippen LogP contribution is 2.17. The Hall–Kier alpha value is -1.09. The minimum Gasteiger partial charge on any atom is -0.351 e. The van der Waals surface area contributed by atoms with E-state index >= 15 is 0 Å². The number of aromatic nitrogens is 1. The molecule has 0 aromatic carbocycles. The maximum atomic E-state index is 4.59. The molecule has 3 nitrogen and oxygen atoms in total. The lowest BCUT2D eigenvalue weighted by molar-refractivity contribution is 0.463. The van der Waals surface area contributed by atoms with Gasteiger partial charge in [-0.1, -0.05) is 13.0 Å². The quantitative estimate of drug-likeness (QED) is 0.794. The van der Waals surface area contributed by atoms with E-state index in [1.165, 1.54) is 6.42 Å². The molecule has 1 saturated heterocycles. The molecule has 1 aliphatic heterocycles. The van der Waals surface area contributed by atoms with Gasteiger partial charge in [0.1, 0.15) is 5.82 Å². The van der Waals surface area contributed by atoms with Gasteiger partial charge in [0.25, 0.3) is 0 Å². The maximum Gasteiger partial charge on any atom is 0.129 e. The summed E-state index contributed by atoms with van der Waals surface area (Å²) in [6.07, 6.45) is 1.17. The van der Waals surface area contributed by atoms with Gasteiger partial charge in [-0.2, -0.15) is 0 Å². The normalized spacial score (nSPS) is 21.7. The Morgan fingerprint density at radius 2 is 2.40 bits per heavy atom. The van der Waals surface area contributed by atoms with Crippen molar-refractivity contribution in [3.05, 3.63) is 23.9 Å². The molecule has 0 spiro atoms. The molecule has 0 radical (unpaired) electrons. The predicted molar refractivity (Wildman–Crippen MR) is 63.3 cm³/mol. The third-order valence-corrected chi connectivity index (χ3v) is 2.99. The van der Waals surface area contributed by atoms with Gasteiger partial charge in [-0.05, 0) is 25.5 Å². The molecule has 1 fully saturated rings. The van der Waals surface area contributed by atoms with Crippen LogP contribution in [0.1, 0.15) is 19.0 Å². The molecule has 0 aliphatic carbocycles. The lowest BCUT2D eigenvalue weighted by Gasteiger charge is -2.36. The second-order valence-corrected chi connectivity index (χ2v) is 4.10. The van der Waals surface area contributed by atoms with Crippen LogP contribution in [-0.2, 0) is 0 Å². The molecular weight excluding hydrogens is 186 g/mol. The third kappa shape index (κ3) is 2.29. The maximum absolute atomic E-state index is 4.59. The molecule has 15 heavy (non-hydrogen) atoms. The van der Waals surface area contributed by atoms with E-state index in [0.717, 1.165) is 31.1 Å². The molecule has 1 atom stereocenters. The molecule has 1 aromatic heterocycles. The van der Waals surface area contributed by atoms with Crippen molar-refractivity contribution in [3.63, 3.8) is 0 Å². The average molecular weight is 205 g/mol.